The first-order chi connectivity index (χ1) is 11.4. The number of hydrogen-bond donors (Lipinski definition) is 3. The van der Waals surface area contributed by atoms with Gasteiger partial charge in [-0.2, -0.15) is 0 Å². The van der Waals surface area contributed by atoms with Gasteiger partial charge in [-0.25, -0.2) is 4.39 Å². The van der Waals surface area contributed by atoms with Gasteiger partial charge in [0.25, 0.3) is 0 Å². The van der Waals surface area contributed by atoms with Gasteiger partial charge in [-0.15, -0.1) is 0 Å². The van der Waals surface area contributed by atoms with Crippen molar-refractivity contribution in [3.05, 3.63) is 59.1 Å². The fourth-order valence-corrected chi connectivity index (χ4v) is 3.48. The number of benzene rings is 1. The molecule has 4 nitrogen and oxygen atoms in total. The Morgan fingerprint density at radius 3 is 2.50 bits per heavy atom. The van der Waals surface area contributed by atoms with E-state index in [1.54, 1.807) is 24.3 Å². The van der Waals surface area contributed by atoms with Gasteiger partial charge < -0.3 is 17.2 Å². The Hall–Kier alpha value is -2.14. The molecule has 3 rings (SSSR count). The summed E-state index contributed by atoms with van der Waals surface area (Å²) in [5.74, 6) is 0.0317. The summed E-state index contributed by atoms with van der Waals surface area (Å²) in [6, 6.07) is 7.31. The first kappa shape index (κ1) is 16.7. The van der Waals surface area contributed by atoms with Crippen LogP contribution in [0.15, 0.2) is 47.9 Å². The average molecular weight is 330 g/mol. The van der Waals surface area contributed by atoms with Crippen LogP contribution < -0.4 is 17.2 Å². The molecule has 128 valence electrons. The summed E-state index contributed by atoms with van der Waals surface area (Å²) < 4.78 is 13.6. The first-order valence-electron chi connectivity index (χ1n) is 8.49. The maximum atomic E-state index is 13.6. The molecule has 0 saturated heterocycles. The van der Waals surface area contributed by atoms with Crippen LogP contribution in [0.3, 0.4) is 0 Å². The lowest BCUT2D eigenvalue weighted by atomic mass is 9.72. The van der Waals surface area contributed by atoms with E-state index in [4.69, 9.17) is 11.5 Å². The molecule has 24 heavy (non-hydrogen) atoms. The molecule has 1 aromatic rings. The monoisotopic (exact) mass is 330 g/mol. The van der Waals surface area contributed by atoms with E-state index in [0.717, 1.165) is 24.3 Å². The van der Waals surface area contributed by atoms with Gasteiger partial charge in [0, 0.05) is 23.5 Å². The van der Waals surface area contributed by atoms with Gasteiger partial charge in [0.1, 0.15) is 11.4 Å². The number of carbonyl (C=O) groups excluding carboxylic acids is 1. The van der Waals surface area contributed by atoms with Crippen molar-refractivity contribution in [2.24, 2.45) is 23.3 Å². The summed E-state index contributed by atoms with van der Waals surface area (Å²) in [4.78, 5) is 11.3. The van der Waals surface area contributed by atoms with E-state index < -0.39 is 5.91 Å². The molecular weight excluding hydrogens is 305 g/mol. The molecule has 2 atom stereocenters. The Kier molecular flexibility index (Phi) is 4.45. The van der Waals surface area contributed by atoms with Gasteiger partial charge in [-0.3, -0.25) is 4.79 Å². The second-order valence-corrected chi connectivity index (χ2v) is 7.10. The Balaban J connectivity index is 1.90. The summed E-state index contributed by atoms with van der Waals surface area (Å²) in [5, 5.41) is 0. The summed E-state index contributed by atoms with van der Waals surface area (Å²) in [5.41, 5.74) is 17.0. The van der Waals surface area contributed by atoms with E-state index in [1.165, 1.54) is 12.8 Å². The van der Waals surface area contributed by atoms with E-state index in [0.29, 0.717) is 12.0 Å². The summed E-state index contributed by atoms with van der Waals surface area (Å²) in [6.45, 7) is 0. The molecule has 0 heterocycles. The van der Waals surface area contributed by atoms with Crippen LogP contribution in [0.5, 0.6) is 0 Å². The van der Waals surface area contributed by atoms with Crippen LogP contribution in [-0.2, 0) is 5.54 Å². The number of primary amides is 1. The minimum absolute atomic E-state index is 0.0372. The molecule has 1 aromatic carbocycles. The molecule has 0 aliphatic heterocycles. The average Bonchev–Trinajstić information content (AvgIpc) is 3.39. The smallest absolute Gasteiger partial charge is 0.248 e. The number of halogens is 1. The molecule has 5 heteroatoms. The van der Waals surface area contributed by atoms with Crippen molar-refractivity contribution in [2.45, 2.75) is 37.6 Å². The molecule has 2 aliphatic rings. The molecule has 1 amide bonds. The Morgan fingerprint density at radius 2 is 1.96 bits per heavy atom. The van der Waals surface area contributed by atoms with Crippen molar-refractivity contribution < 1.29 is 14.9 Å². The van der Waals surface area contributed by atoms with Crippen molar-refractivity contribution in [2.75, 3.05) is 0 Å². The lowest BCUT2D eigenvalue weighted by Gasteiger charge is -2.34. The highest BCUT2D eigenvalue weighted by molar-refractivity contribution is 5.92. The van der Waals surface area contributed by atoms with E-state index in [2.05, 4.69) is 5.73 Å². The molecule has 0 radical (unpaired) electrons. The van der Waals surface area contributed by atoms with Gasteiger partial charge in [0.2, 0.25) is 5.91 Å². The van der Waals surface area contributed by atoms with Gasteiger partial charge >= 0.3 is 0 Å². The predicted octanol–water partition coefficient (Wildman–Crippen LogP) is 2.13. The molecule has 0 bridgehead atoms. The zero-order valence-corrected chi connectivity index (χ0v) is 13.8. The second-order valence-electron chi connectivity index (χ2n) is 7.10. The third-order valence-electron chi connectivity index (χ3n) is 5.36. The number of allylic oxidation sites excluding steroid dienone is 2. The highest BCUT2D eigenvalue weighted by atomic mass is 19.1. The van der Waals surface area contributed by atoms with E-state index in [-0.39, 0.29) is 23.0 Å². The topological polar surface area (TPSA) is 96.8 Å². The van der Waals surface area contributed by atoms with Crippen molar-refractivity contribution >= 4 is 5.91 Å². The normalized spacial score (nSPS) is 23.2. The van der Waals surface area contributed by atoms with E-state index >= 15 is 0 Å². The third kappa shape index (κ3) is 3.36. The summed E-state index contributed by atoms with van der Waals surface area (Å²) >= 11 is 0. The van der Waals surface area contributed by atoms with Crippen LogP contribution >= 0.6 is 0 Å². The number of carbonyl (C=O) groups is 1. The molecule has 0 spiro atoms. The third-order valence-corrected chi connectivity index (χ3v) is 5.36. The molecule has 1 saturated carbocycles. The number of rotatable bonds is 6. The van der Waals surface area contributed by atoms with Crippen molar-refractivity contribution in [3.8, 4) is 0 Å². The predicted molar refractivity (Wildman–Crippen MR) is 91.1 cm³/mol. The SMILES string of the molecule is NC(=O)c1ccc(C([NH3+])(CCC2CC2)C2C=C(N)C(F)=CC2)cc1. The lowest BCUT2D eigenvalue weighted by Crippen LogP contribution is -2.73. The molecule has 2 unspecified atom stereocenters. The molecule has 0 aromatic heterocycles. The Labute approximate surface area is 141 Å². The first-order valence-corrected chi connectivity index (χ1v) is 8.49. The van der Waals surface area contributed by atoms with Gasteiger partial charge in [0.05, 0.1) is 5.70 Å². The van der Waals surface area contributed by atoms with Gasteiger partial charge in [-0.1, -0.05) is 25.0 Å². The lowest BCUT2D eigenvalue weighted by molar-refractivity contribution is -0.502. The quantitative estimate of drug-likeness (QED) is 0.745. The maximum Gasteiger partial charge on any atom is 0.248 e. The minimum atomic E-state index is -0.444. The van der Waals surface area contributed by atoms with Crippen LogP contribution in [0.25, 0.3) is 0 Å². The van der Waals surface area contributed by atoms with Crippen LogP contribution in [0, 0.1) is 11.8 Å². The van der Waals surface area contributed by atoms with Gasteiger partial charge in [-0.05, 0) is 43.0 Å². The Morgan fingerprint density at radius 1 is 1.29 bits per heavy atom. The molecule has 7 N–H and O–H groups in total. The molecule has 1 fully saturated rings. The summed E-state index contributed by atoms with van der Waals surface area (Å²) in [6.07, 6.45) is 8.53. The van der Waals surface area contributed by atoms with E-state index in [1.807, 2.05) is 12.1 Å². The van der Waals surface area contributed by atoms with Gasteiger partial charge in [0.15, 0.2) is 0 Å². The zero-order valence-electron chi connectivity index (χ0n) is 13.8. The summed E-state index contributed by atoms with van der Waals surface area (Å²) in [7, 11) is 0. The number of quaternary nitrogens is 1. The van der Waals surface area contributed by atoms with E-state index in [9.17, 15) is 9.18 Å². The number of amides is 1. The second kappa shape index (κ2) is 6.40. The standard InChI is InChI=1S/C19H24FN3O/c20-16-8-7-15(11-17(16)21)19(23,10-9-12-1-2-12)14-5-3-13(4-6-14)18(22)24/h3-6,8,11-12,15H,1-2,7,9-10,21,23H2,(H2,22,24)/p+1. The van der Waals surface area contributed by atoms with Crippen molar-refractivity contribution in [1.29, 1.82) is 0 Å². The highest BCUT2D eigenvalue weighted by Crippen LogP contribution is 2.41. The Bertz CT molecular complexity index is 691. The largest absolute Gasteiger partial charge is 0.397 e. The van der Waals surface area contributed by atoms with Crippen molar-refractivity contribution in [3.63, 3.8) is 0 Å². The molecular formula is C19H25FN3O+. The maximum absolute atomic E-state index is 13.6. The van der Waals surface area contributed by atoms with Crippen LogP contribution in [-0.4, -0.2) is 5.91 Å². The van der Waals surface area contributed by atoms with Crippen molar-refractivity contribution in [1.82, 2.24) is 0 Å². The zero-order chi connectivity index (χ0) is 17.3. The highest BCUT2D eigenvalue weighted by Gasteiger charge is 2.41. The number of hydrogen-bond acceptors (Lipinski definition) is 2. The fourth-order valence-electron chi connectivity index (χ4n) is 3.48. The van der Waals surface area contributed by atoms with Crippen LogP contribution in [0.1, 0.15) is 48.0 Å². The van der Waals surface area contributed by atoms with Crippen LogP contribution in [0.2, 0.25) is 0 Å². The number of nitrogens with two attached hydrogens (primary N) is 2. The molecule has 2 aliphatic carbocycles. The minimum Gasteiger partial charge on any atom is -0.397 e. The fraction of sp³-hybridized carbons (Fsp3) is 0.421. The van der Waals surface area contributed by atoms with Crippen LogP contribution in [0.4, 0.5) is 4.39 Å².